The number of allylic oxidation sites excluding steroid dienone is 1. The van der Waals surface area contributed by atoms with E-state index in [0.29, 0.717) is 0 Å². The number of hydrogen-bond donors (Lipinski definition) is 0. The summed E-state index contributed by atoms with van der Waals surface area (Å²) in [6.45, 7) is 13.7. The van der Waals surface area contributed by atoms with Gasteiger partial charge in [0.05, 0.1) is 16.4 Å². The summed E-state index contributed by atoms with van der Waals surface area (Å²) in [5, 5.41) is 2.70. The number of aryl methyl sites for hydroxylation is 1. The first kappa shape index (κ1) is 20.8. The first-order chi connectivity index (χ1) is 14.6. The lowest BCUT2D eigenvalue weighted by Crippen LogP contribution is -2.68. The number of nitrogens with zero attached hydrogens (tertiary/aromatic N) is 1. The molecule has 1 aromatic heterocycles. The second-order valence-corrected chi connectivity index (χ2v) is 8.88. The van der Waals surface area contributed by atoms with Crippen LogP contribution in [0.3, 0.4) is 0 Å². The number of rotatable bonds is 7. The van der Waals surface area contributed by atoms with Crippen LogP contribution in [0.1, 0.15) is 70.9 Å². The summed E-state index contributed by atoms with van der Waals surface area (Å²) in [6.07, 6.45) is 11.4. The molecule has 4 rings (SSSR count). The van der Waals surface area contributed by atoms with E-state index >= 15 is 0 Å². The van der Waals surface area contributed by atoms with E-state index in [2.05, 4.69) is 99.6 Å². The third kappa shape index (κ3) is 2.71. The van der Waals surface area contributed by atoms with Gasteiger partial charge in [-0.1, -0.05) is 71.0 Å². The van der Waals surface area contributed by atoms with Gasteiger partial charge in [0.15, 0.2) is 11.7 Å². The molecule has 1 nitrogen and oxygen atoms in total. The average Bonchev–Trinajstić information content (AvgIpc) is 2.81. The molecule has 0 fully saturated rings. The van der Waals surface area contributed by atoms with Crippen molar-refractivity contribution in [2.45, 2.75) is 77.2 Å². The highest BCUT2D eigenvalue weighted by molar-refractivity contribution is 5.94. The van der Waals surface area contributed by atoms with Crippen molar-refractivity contribution >= 4 is 10.8 Å². The van der Waals surface area contributed by atoms with E-state index in [-0.39, 0.29) is 11.0 Å². The van der Waals surface area contributed by atoms with Crippen LogP contribution in [-0.4, -0.2) is 0 Å². The van der Waals surface area contributed by atoms with Crippen molar-refractivity contribution in [3.8, 4) is 11.3 Å². The molecule has 0 spiro atoms. The Hall–Kier alpha value is -2.41. The van der Waals surface area contributed by atoms with Crippen LogP contribution in [0, 0.1) is 0 Å². The van der Waals surface area contributed by atoms with Crippen molar-refractivity contribution in [2.75, 3.05) is 0 Å². The molecule has 0 saturated heterocycles. The Bertz CT molecular complexity index is 1070. The average molecular weight is 399 g/mol. The zero-order chi connectivity index (χ0) is 21.4. The number of fused-ring (bicyclic) bond motifs is 5. The van der Waals surface area contributed by atoms with Crippen molar-refractivity contribution in [1.82, 2.24) is 0 Å². The highest BCUT2D eigenvalue weighted by Crippen LogP contribution is 2.53. The second-order valence-electron chi connectivity index (χ2n) is 8.88. The maximum atomic E-state index is 4.40. The molecular weight excluding hydrogens is 362 g/mol. The third-order valence-corrected chi connectivity index (χ3v) is 7.87. The second kappa shape index (κ2) is 8.02. The van der Waals surface area contributed by atoms with Gasteiger partial charge in [-0.3, -0.25) is 0 Å². The number of benzene rings is 2. The predicted molar refractivity (Wildman–Crippen MR) is 129 cm³/mol. The number of hydrogen-bond acceptors (Lipinski definition) is 0. The lowest BCUT2D eigenvalue weighted by Gasteiger charge is -2.48. The Morgan fingerprint density at radius 2 is 1.70 bits per heavy atom. The topological polar surface area (TPSA) is 3.88 Å². The summed E-state index contributed by atoms with van der Waals surface area (Å²) >= 11 is 0. The summed E-state index contributed by atoms with van der Waals surface area (Å²) in [4.78, 5) is 0. The maximum Gasteiger partial charge on any atom is 0.221 e. The van der Waals surface area contributed by atoms with Gasteiger partial charge in [0.1, 0.15) is 0 Å². The van der Waals surface area contributed by atoms with Crippen LogP contribution in [0.15, 0.2) is 67.4 Å². The van der Waals surface area contributed by atoms with Crippen LogP contribution in [0.25, 0.3) is 22.0 Å². The quantitative estimate of drug-likeness (QED) is 0.286. The van der Waals surface area contributed by atoms with Crippen molar-refractivity contribution in [3.05, 3.63) is 78.5 Å². The minimum Gasteiger partial charge on any atom is -0.188 e. The van der Waals surface area contributed by atoms with E-state index in [1.807, 2.05) is 0 Å². The van der Waals surface area contributed by atoms with Gasteiger partial charge in [-0.05, 0) is 60.4 Å². The first-order valence-electron chi connectivity index (χ1n) is 11.8. The minimum atomic E-state index is -0.130. The molecule has 1 unspecified atom stereocenters. The molecule has 0 aliphatic carbocycles. The Morgan fingerprint density at radius 3 is 2.37 bits per heavy atom. The molecule has 3 aromatic rings. The van der Waals surface area contributed by atoms with Crippen LogP contribution >= 0.6 is 0 Å². The Morgan fingerprint density at radius 1 is 0.933 bits per heavy atom. The van der Waals surface area contributed by atoms with Gasteiger partial charge in [0.2, 0.25) is 5.69 Å². The Labute approximate surface area is 182 Å². The van der Waals surface area contributed by atoms with E-state index in [1.165, 1.54) is 46.0 Å². The minimum absolute atomic E-state index is 0.0481. The molecule has 1 aliphatic heterocycles. The molecule has 1 heteroatoms. The Kier molecular flexibility index (Phi) is 5.57. The van der Waals surface area contributed by atoms with Gasteiger partial charge < -0.3 is 0 Å². The molecule has 1 atom stereocenters. The number of aromatic nitrogens is 1. The molecule has 0 saturated carbocycles. The third-order valence-electron chi connectivity index (χ3n) is 7.87. The van der Waals surface area contributed by atoms with Crippen LogP contribution in [0.2, 0.25) is 0 Å². The summed E-state index contributed by atoms with van der Waals surface area (Å²) in [6, 6.07) is 18.5. The van der Waals surface area contributed by atoms with E-state index in [9.17, 15) is 0 Å². The van der Waals surface area contributed by atoms with E-state index in [1.54, 1.807) is 0 Å². The van der Waals surface area contributed by atoms with Gasteiger partial charge in [-0.2, -0.15) is 4.57 Å². The maximum absolute atomic E-state index is 4.40. The summed E-state index contributed by atoms with van der Waals surface area (Å²) in [7, 11) is 0. The monoisotopic (exact) mass is 398 g/mol. The molecular formula is C29H36N+. The van der Waals surface area contributed by atoms with E-state index < -0.39 is 0 Å². The predicted octanol–water partition coefficient (Wildman–Crippen LogP) is 7.50. The molecule has 0 amide bonds. The summed E-state index contributed by atoms with van der Waals surface area (Å²) < 4.78 is 2.56. The molecule has 156 valence electrons. The SMILES string of the molecule is C=CC1(CC)[n+]2ccc3cc(CCCC)ccc3c2-c2ccccc2C1(CC)CC. The van der Waals surface area contributed by atoms with Crippen molar-refractivity contribution in [3.63, 3.8) is 0 Å². The molecule has 1 aliphatic rings. The standard InChI is InChI=1S/C29H36N/c1-6-11-14-22-17-18-24-23(21-22)19-20-30-27(24)25-15-12-13-16-26(25)28(7-2,8-3)29(30,9-4)10-5/h9,12-13,15-21H,4,6-8,10-11,14H2,1-3,5H3/q+1. The van der Waals surface area contributed by atoms with Gasteiger partial charge in [0, 0.05) is 12.5 Å². The van der Waals surface area contributed by atoms with Crippen LogP contribution < -0.4 is 4.57 Å². The van der Waals surface area contributed by atoms with Gasteiger partial charge >= 0.3 is 0 Å². The van der Waals surface area contributed by atoms with Crippen LogP contribution in [0.5, 0.6) is 0 Å². The Balaban J connectivity index is 2.08. The smallest absolute Gasteiger partial charge is 0.188 e. The van der Waals surface area contributed by atoms with Crippen LogP contribution in [-0.2, 0) is 17.4 Å². The van der Waals surface area contributed by atoms with Gasteiger partial charge in [-0.15, -0.1) is 0 Å². The fourth-order valence-electron chi connectivity index (χ4n) is 6.23. The van der Waals surface area contributed by atoms with E-state index in [4.69, 9.17) is 0 Å². The number of unbranched alkanes of at least 4 members (excludes halogenated alkanes) is 1. The van der Waals surface area contributed by atoms with Crippen molar-refractivity contribution in [2.24, 2.45) is 0 Å². The molecule has 0 bridgehead atoms. The molecule has 30 heavy (non-hydrogen) atoms. The molecule has 0 N–H and O–H groups in total. The summed E-state index contributed by atoms with van der Waals surface area (Å²) in [5.41, 5.74) is 5.59. The zero-order valence-corrected chi connectivity index (χ0v) is 19.2. The van der Waals surface area contributed by atoms with E-state index in [0.717, 1.165) is 25.7 Å². The largest absolute Gasteiger partial charge is 0.221 e. The fraction of sp³-hybridized carbons (Fsp3) is 0.414. The highest BCUT2D eigenvalue weighted by Gasteiger charge is 2.59. The normalized spacial score (nSPS) is 19.3. The summed E-state index contributed by atoms with van der Waals surface area (Å²) in [5.74, 6) is 0. The van der Waals surface area contributed by atoms with Crippen LogP contribution in [0.4, 0.5) is 0 Å². The fourth-order valence-corrected chi connectivity index (χ4v) is 6.23. The number of pyridine rings is 1. The molecule has 2 aromatic carbocycles. The van der Waals surface area contributed by atoms with Crippen molar-refractivity contribution in [1.29, 1.82) is 0 Å². The molecule has 2 heterocycles. The van der Waals surface area contributed by atoms with Crippen molar-refractivity contribution < 1.29 is 4.57 Å². The molecule has 0 radical (unpaired) electrons. The van der Waals surface area contributed by atoms with Gasteiger partial charge in [-0.25, -0.2) is 0 Å². The zero-order valence-electron chi connectivity index (χ0n) is 19.2. The lowest BCUT2D eigenvalue weighted by molar-refractivity contribution is -0.755. The highest BCUT2D eigenvalue weighted by atomic mass is 15.1. The first-order valence-corrected chi connectivity index (χ1v) is 11.8. The lowest BCUT2D eigenvalue weighted by atomic mass is 9.57. The van der Waals surface area contributed by atoms with Gasteiger partial charge in [0.25, 0.3) is 0 Å².